The molecular formula is C24H29N2O5+. The summed E-state index contributed by atoms with van der Waals surface area (Å²) in [5.74, 6) is -0.407. The number of aliphatic hydroxyl groups is 1. The van der Waals surface area contributed by atoms with Crippen molar-refractivity contribution in [1.82, 2.24) is 4.90 Å². The Hall–Kier alpha value is -3.32. The van der Waals surface area contributed by atoms with E-state index in [4.69, 9.17) is 9.47 Å². The number of likely N-dealkylation sites (tertiary alicyclic amines) is 1. The van der Waals surface area contributed by atoms with E-state index in [-0.39, 0.29) is 11.3 Å². The molecular weight excluding hydrogens is 396 g/mol. The number of likely N-dealkylation sites (N-methyl/N-ethyl adjacent to an activating group) is 1. The molecule has 164 valence electrons. The molecule has 0 saturated carbocycles. The van der Waals surface area contributed by atoms with Crippen LogP contribution >= 0.6 is 0 Å². The third-order valence-corrected chi connectivity index (χ3v) is 5.24. The molecule has 0 bridgehead atoms. The number of amides is 1. The van der Waals surface area contributed by atoms with E-state index in [9.17, 15) is 14.7 Å². The molecule has 0 spiro atoms. The zero-order valence-electron chi connectivity index (χ0n) is 18.3. The molecule has 1 aliphatic rings. The zero-order valence-corrected chi connectivity index (χ0v) is 18.3. The molecule has 3 rings (SSSR count). The Morgan fingerprint density at radius 3 is 2.42 bits per heavy atom. The van der Waals surface area contributed by atoms with Crippen LogP contribution in [0.4, 0.5) is 0 Å². The minimum atomic E-state index is -0.718. The molecule has 7 heteroatoms. The van der Waals surface area contributed by atoms with Gasteiger partial charge in [-0.25, -0.2) is 0 Å². The van der Waals surface area contributed by atoms with Crippen molar-refractivity contribution in [3.63, 3.8) is 0 Å². The first-order valence-corrected chi connectivity index (χ1v) is 10.3. The number of hydrogen-bond acceptors (Lipinski definition) is 5. The quantitative estimate of drug-likeness (QED) is 0.382. The topological polar surface area (TPSA) is 80.5 Å². The van der Waals surface area contributed by atoms with Gasteiger partial charge in [-0.3, -0.25) is 9.59 Å². The first kappa shape index (κ1) is 22.4. The fourth-order valence-corrected chi connectivity index (χ4v) is 3.68. The molecule has 0 aliphatic carbocycles. The molecule has 1 atom stereocenters. The van der Waals surface area contributed by atoms with Crippen molar-refractivity contribution in [1.29, 1.82) is 0 Å². The van der Waals surface area contributed by atoms with Gasteiger partial charge in [-0.05, 0) is 24.6 Å². The molecule has 1 aliphatic heterocycles. The van der Waals surface area contributed by atoms with Crippen LogP contribution < -0.4 is 14.4 Å². The van der Waals surface area contributed by atoms with Crippen molar-refractivity contribution < 1.29 is 29.1 Å². The Bertz CT molecular complexity index is 985. The molecule has 1 heterocycles. The summed E-state index contributed by atoms with van der Waals surface area (Å²) >= 11 is 0. The summed E-state index contributed by atoms with van der Waals surface area (Å²) in [7, 11) is 5.50. The maximum absolute atomic E-state index is 13.0. The lowest BCUT2D eigenvalue weighted by atomic mass is 9.95. The zero-order chi connectivity index (χ0) is 22.5. The number of benzene rings is 2. The molecule has 2 N–H and O–H groups in total. The maximum Gasteiger partial charge on any atom is 0.295 e. The van der Waals surface area contributed by atoms with Gasteiger partial charge in [0, 0.05) is 5.56 Å². The summed E-state index contributed by atoms with van der Waals surface area (Å²) in [6.45, 7) is 3.39. The molecule has 1 amide bonds. The lowest BCUT2D eigenvalue weighted by molar-refractivity contribution is -0.857. The standard InChI is InChI=1S/C24H28N2O5/c1-5-31-18-12-11-17(15-19(18)30-4)21-20(22(27)16-9-7-6-8-10-16)23(28)24(29)26(21)14-13-25(2)3/h6-12,15,21,27H,5,13-14H2,1-4H3/p+1/t21-/m0/s1. The summed E-state index contributed by atoms with van der Waals surface area (Å²) in [6.07, 6.45) is 0. The fraction of sp³-hybridized carbons (Fsp3) is 0.333. The molecule has 1 saturated heterocycles. The minimum absolute atomic E-state index is 0.0798. The van der Waals surface area contributed by atoms with Gasteiger partial charge < -0.3 is 24.4 Å². The SMILES string of the molecule is CCOc1ccc([C@H]2C(=C(O)c3ccccc3)C(=O)C(=O)N2CC[NH+](C)C)cc1OC. The van der Waals surface area contributed by atoms with E-state index in [0.717, 1.165) is 4.90 Å². The number of methoxy groups -OCH3 is 1. The van der Waals surface area contributed by atoms with Crippen LogP contribution in [0.3, 0.4) is 0 Å². The predicted molar refractivity (Wildman–Crippen MR) is 117 cm³/mol. The van der Waals surface area contributed by atoms with E-state index in [1.165, 1.54) is 12.0 Å². The molecule has 31 heavy (non-hydrogen) atoms. The fourth-order valence-electron chi connectivity index (χ4n) is 3.68. The Balaban J connectivity index is 2.16. The molecule has 7 nitrogen and oxygen atoms in total. The third kappa shape index (κ3) is 4.56. The number of carbonyl (C=O) groups is 2. The van der Waals surface area contributed by atoms with Gasteiger partial charge >= 0.3 is 0 Å². The molecule has 1 fully saturated rings. The van der Waals surface area contributed by atoms with Crippen LogP contribution in [-0.4, -0.2) is 62.6 Å². The number of Topliss-reactive ketones (excluding diaryl/α,β-unsaturated/α-hetero) is 1. The van der Waals surface area contributed by atoms with Crippen LogP contribution in [0.2, 0.25) is 0 Å². The number of nitrogens with zero attached hydrogens (tertiary/aromatic N) is 1. The highest BCUT2D eigenvalue weighted by atomic mass is 16.5. The Morgan fingerprint density at radius 1 is 1.10 bits per heavy atom. The first-order valence-electron chi connectivity index (χ1n) is 10.3. The predicted octanol–water partition coefficient (Wildman–Crippen LogP) is 1.66. The van der Waals surface area contributed by atoms with Crippen molar-refractivity contribution in [2.24, 2.45) is 0 Å². The van der Waals surface area contributed by atoms with Gasteiger partial charge in [-0.1, -0.05) is 36.4 Å². The third-order valence-electron chi connectivity index (χ3n) is 5.24. The number of nitrogens with one attached hydrogen (secondary N) is 1. The highest BCUT2D eigenvalue weighted by molar-refractivity contribution is 6.46. The second-order valence-corrected chi connectivity index (χ2v) is 7.66. The van der Waals surface area contributed by atoms with Crippen LogP contribution in [-0.2, 0) is 9.59 Å². The van der Waals surface area contributed by atoms with Gasteiger partial charge in [-0.2, -0.15) is 0 Å². The van der Waals surface area contributed by atoms with Gasteiger partial charge in [0.2, 0.25) is 0 Å². The van der Waals surface area contributed by atoms with E-state index >= 15 is 0 Å². The van der Waals surface area contributed by atoms with Crippen molar-refractivity contribution in [3.05, 3.63) is 65.2 Å². The number of ether oxygens (including phenoxy) is 2. The molecule has 0 radical (unpaired) electrons. The summed E-state index contributed by atoms with van der Waals surface area (Å²) in [5, 5.41) is 11.0. The average molecular weight is 426 g/mol. The summed E-state index contributed by atoms with van der Waals surface area (Å²) in [6, 6.07) is 13.4. The largest absolute Gasteiger partial charge is 0.507 e. The smallest absolute Gasteiger partial charge is 0.295 e. The molecule has 2 aromatic rings. The lowest BCUT2D eigenvalue weighted by Gasteiger charge is -2.26. The molecule has 0 unspecified atom stereocenters. The van der Waals surface area contributed by atoms with Gasteiger partial charge in [0.15, 0.2) is 11.5 Å². The van der Waals surface area contributed by atoms with Crippen molar-refractivity contribution in [2.45, 2.75) is 13.0 Å². The number of ketones is 1. The summed E-state index contributed by atoms with van der Waals surface area (Å²) in [5.41, 5.74) is 1.24. The van der Waals surface area contributed by atoms with Gasteiger partial charge in [0.05, 0.1) is 52.5 Å². The second kappa shape index (κ2) is 9.66. The van der Waals surface area contributed by atoms with Crippen molar-refractivity contribution in [3.8, 4) is 11.5 Å². The number of hydrogen-bond donors (Lipinski definition) is 2. The van der Waals surface area contributed by atoms with Crippen molar-refractivity contribution in [2.75, 3.05) is 40.9 Å². The van der Waals surface area contributed by atoms with Gasteiger partial charge in [-0.15, -0.1) is 0 Å². The van der Waals surface area contributed by atoms with Crippen LogP contribution in [0.1, 0.15) is 24.1 Å². The van der Waals surface area contributed by atoms with Gasteiger partial charge in [0.1, 0.15) is 5.76 Å². The van der Waals surface area contributed by atoms with E-state index in [2.05, 4.69) is 0 Å². The van der Waals surface area contributed by atoms with Gasteiger partial charge in [0.25, 0.3) is 11.7 Å². The minimum Gasteiger partial charge on any atom is -0.507 e. The first-order chi connectivity index (χ1) is 14.9. The highest BCUT2D eigenvalue weighted by Gasteiger charge is 2.46. The normalized spacial score (nSPS) is 18.0. The monoisotopic (exact) mass is 425 g/mol. The molecule has 0 aromatic heterocycles. The summed E-state index contributed by atoms with van der Waals surface area (Å²) < 4.78 is 11.1. The van der Waals surface area contributed by atoms with E-state index in [1.807, 2.05) is 27.1 Å². The van der Waals surface area contributed by atoms with E-state index < -0.39 is 17.7 Å². The average Bonchev–Trinajstić information content (AvgIpc) is 3.03. The van der Waals surface area contributed by atoms with E-state index in [0.29, 0.717) is 42.3 Å². The van der Waals surface area contributed by atoms with Crippen LogP contribution in [0, 0.1) is 0 Å². The van der Waals surface area contributed by atoms with Crippen molar-refractivity contribution >= 4 is 17.4 Å². The van der Waals surface area contributed by atoms with E-state index in [1.54, 1.807) is 42.5 Å². The number of aliphatic hydroxyl groups excluding tert-OH is 1. The Labute approximate surface area is 182 Å². The number of rotatable bonds is 8. The van der Waals surface area contributed by atoms with Crippen LogP contribution in [0.25, 0.3) is 5.76 Å². The van der Waals surface area contributed by atoms with Crippen LogP contribution in [0.5, 0.6) is 11.5 Å². The number of quaternary nitrogens is 1. The Morgan fingerprint density at radius 2 is 1.81 bits per heavy atom. The lowest BCUT2D eigenvalue weighted by Crippen LogP contribution is -3.06. The molecule has 2 aromatic carbocycles. The second-order valence-electron chi connectivity index (χ2n) is 7.66. The number of carbonyl (C=O) groups excluding carboxylic acids is 2. The summed E-state index contributed by atoms with van der Waals surface area (Å²) in [4.78, 5) is 28.6. The maximum atomic E-state index is 13.0. The van der Waals surface area contributed by atoms with Crippen LogP contribution in [0.15, 0.2) is 54.1 Å². The highest BCUT2D eigenvalue weighted by Crippen LogP contribution is 2.41. The Kier molecular flexibility index (Phi) is 6.97.